The number of fused-ring (bicyclic) bond motifs is 1. The zero-order valence-corrected chi connectivity index (χ0v) is 12.6. The van der Waals surface area contributed by atoms with Crippen LogP contribution in [0.5, 0.6) is 0 Å². The van der Waals surface area contributed by atoms with Gasteiger partial charge in [0.2, 0.25) is 0 Å². The van der Waals surface area contributed by atoms with Crippen LogP contribution in [0.1, 0.15) is 39.5 Å². The van der Waals surface area contributed by atoms with E-state index in [1.54, 1.807) is 11.1 Å². The van der Waals surface area contributed by atoms with Gasteiger partial charge in [0.15, 0.2) is 0 Å². The minimum atomic E-state index is 0.600. The summed E-state index contributed by atoms with van der Waals surface area (Å²) in [7, 11) is 0. The van der Waals surface area contributed by atoms with Crippen molar-refractivity contribution in [1.29, 1.82) is 0 Å². The molecule has 0 radical (unpaired) electrons. The summed E-state index contributed by atoms with van der Waals surface area (Å²) in [5.41, 5.74) is 6.24. The van der Waals surface area contributed by atoms with Gasteiger partial charge in [-0.05, 0) is 39.5 Å². The first kappa shape index (κ1) is 13.4. The smallest absolute Gasteiger partial charge is 0.00835 e. The van der Waals surface area contributed by atoms with Crippen molar-refractivity contribution in [2.24, 2.45) is 11.8 Å². The van der Waals surface area contributed by atoms with Crippen molar-refractivity contribution < 1.29 is 0 Å². The predicted octanol–water partition coefficient (Wildman–Crippen LogP) is 5.68. The van der Waals surface area contributed by atoms with E-state index in [2.05, 4.69) is 62.5 Å². The molecule has 0 nitrogen and oxygen atoms in total. The minimum Gasteiger partial charge on any atom is -0.0764 e. The molecule has 0 saturated heterocycles. The first-order chi connectivity index (χ1) is 9.74. The maximum atomic E-state index is 2.38. The van der Waals surface area contributed by atoms with Crippen LogP contribution in [0.2, 0.25) is 0 Å². The largest absolute Gasteiger partial charge is 0.0764 e. The molecule has 104 valence electrons. The first-order valence-corrected chi connectivity index (χ1v) is 7.81. The molecule has 3 aliphatic rings. The summed E-state index contributed by atoms with van der Waals surface area (Å²) in [5, 5.41) is 0. The Morgan fingerprint density at radius 3 is 2.45 bits per heavy atom. The maximum Gasteiger partial charge on any atom is 0.00835 e. The van der Waals surface area contributed by atoms with Crippen molar-refractivity contribution in [3.63, 3.8) is 0 Å². The van der Waals surface area contributed by atoms with E-state index in [9.17, 15) is 0 Å². The van der Waals surface area contributed by atoms with E-state index >= 15 is 0 Å². The summed E-state index contributed by atoms with van der Waals surface area (Å²) in [6, 6.07) is 0. The van der Waals surface area contributed by atoms with Crippen molar-refractivity contribution in [1.82, 2.24) is 0 Å². The molecule has 20 heavy (non-hydrogen) atoms. The fourth-order valence-corrected chi connectivity index (χ4v) is 3.42. The lowest BCUT2D eigenvalue weighted by Crippen LogP contribution is -2.19. The van der Waals surface area contributed by atoms with E-state index < -0.39 is 0 Å². The Bertz CT molecular complexity index is 561. The van der Waals surface area contributed by atoms with Gasteiger partial charge >= 0.3 is 0 Å². The predicted molar refractivity (Wildman–Crippen MR) is 87.4 cm³/mol. The van der Waals surface area contributed by atoms with E-state index in [1.165, 1.54) is 36.8 Å². The fourth-order valence-electron chi connectivity index (χ4n) is 3.42. The quantitative estimate of drug-likeness (QED) is 0.615. The normalized spacial score (nSPS) is 28.3. The third-order valence-electron chi connectivity index (χ3n) is 4.83. The van der Waals surface area contributed by atoms with Gasteiger partial charge in [-0.15, -0.1) is 0 Å². The van der Waals surface area contributed by atoms with Crippen molar-refractivity contribution in [2.75, 3.05) is 0 Å². The van der Waals surface area contributed by atoms with E-state index in [-0.39, 0.29) is 0 Å². The van der Waals surface area contributed by atoms with Crippen LogP contribution < -0.4 is 0 Å². The Hall–Kier alpha value is -1.56. The molecule has 0 saturated carbocycles. The molecule has 0 heterocycles. The van der Waals surface area contributed by atoms with Crippen LogP contribution in [0.15, 0.2) is 70.9 Å². The monoisotopic (exact) mass is 264 g/mol. The molecular formula is C20H24. The number of rotatable bonds is 3. The molecule has 0 N–H and O–H groups in total. The van der Waals surface area contributed by atoms with Crippen LogP contribution >= 0.6 is 0 Å². The van der Waals surface area contributed by atoms with Crippen LogP contribution in [-0.4, -0.2) is 0 Å². The molecular weight excluding hydrogens is 240 g/mol. The number of allylic oxidation sites excluding steroid dienone is 12. The Balaban J connectivity index is 1.66. The van der Waals surface area contributed by atoms with Gasteiger partial charge in [-0.1, -0.05) is 70.9 Å². The third kappa shape index (κ3) is 2.80. The Labute approximate surface area is 123 Å². The van der Waals surface area contributed by atoms with Crippen molar-refractivity contribution >= 4 is 0 Å². The average Bonchev–Trinajstić information content (AvgIpc) is 2.47. The lowest BCUT2D eigenvalue weighted by Gasteiger charge is -2.30. The lowest BCUT2D eigenvalue weighted by molar-refractivity contribution is 0.567. The van der Waals surface area contributed by atoms with E-state index in [0.29, 0.717) is 11.8 Å². The highest BCUT2D eigenvalue weighted by atomic mass is 14.3. The van der Waals surface area contributed by atoms with Crippen LogP contribution in [0.25, 0.3) is 0 Å². The van der Waals surface area contributed by atoms with Gasteiger partial charge in [0.1, 0.15) is 0 Å². The van der Waals surface area contributed by atoms with Gasteiger partial charge in [0.25, 0.3) is 0 Å². The molecule has 0 aromatic carbocycles. The first-order valence-electron chi connectivity index (χ1n) is 7.81. The van der Waals surface area contributed by atoms with E-state index in [1.807, 2.05) is 0 Å². The van der Waals surface area contributed by atoms with Crippen LogP contribution in [0, 0.1) is 11.8 Å². The average molecular weight is 264 g/mol. The molecule has 0 bridgehead atoms. The topological polar surface area (TPSA) is 0 Å². The van der Waals surface area contributed by atoms with Crippen molar-refractivity contribution in [2.45, 2.75) is 39.5 Å². The summed E-state index contributed by atoms with van der Waals surface area (Å²) in [5.74, 6) is 1.20. The molecule has 0 heteroatoms. The second kappa shape index (κ2) is 5.83. The van der Waals surface area contributed by atoms with Crippen molar-refractivity contribution in [3.8, 4) is 0 Å². The number of hydrogen-bond acceptors (Lipinski definition) is 0. The SMILES string of the molecule is CC1=CC=C(CCC2=CC=CC3C(C)=CC=CC23)CC1. The molecule has 0 amide bonds. The van der Waals surface area contributed by atoms with Crippen LogP contribution in [0.3, 0.4) is 0 Å². The molecule has 0 aromatic rings. The molecule has 3 rings (SSSR count). The summed E-state index contributed by atoms with van der Waals surface area (Å²) in [6.07, 6.45) is 23.4. The third-order valence-corrected chi connectivity index (χ3v) is 4.83. The van der Waals surface area contributed by atoms with Gasteiger partial charge in [-0.3, -0.25) is 0 Å². The van der Waals surface area contributed by atoms with Gasteiger partial charge in [0.05, 0.1) is 0 Å². The van der Waals surface area contributed by atoms with E-state index in [0.717, 1.165) is 0 Å². The highest BCUT2D eigenvalue weighted by molar-refractivity contribution is 5.37. The minimum absolute atomic E-state index is 0.600. The lowest BCUT2D eigenvalue weighted by atomic mass is 9.74. The highest BCUT2D eigenvalue weighted by Gasteiger charge is 2.25. The zero-order valence-electron chi connectivity index (χ0n) is 12.6. The van der Waals surface area contributed by atoms with Gasteiger partial charge < -0.3 is 0 Å². The van der Waals surface area contributed by atoms with Gasteiger partial charge in [0, 0.05) is 11.8 Å². The highest BCUT2D eigenvalue weighted by Crippen LogP contribution is 2.38. The molecule has 3 aliphatic carbocycles. The Morgan fingerprint density at radius 2 is 1.65 bits per heavy atom. The molecule has 2 unspecified atom stereocenters. The Morgan fingerprint density at radius 1 is 0.850 bits per heavy atom. The van der Waals surface area contributed by atoms with Crippen LogP contribution in [0.4, 0.5) is 0 Å². The Kier molecular flexibility index (Phi) is 3.91. The number of hydrogen-bond donors (Lipinski definition) is 0. The zero-order chi connectivity index (χ0) is 13.9. The molecule has 0 fully saturated rings. The molecule has 0 aliphatic heterocycles. The molecule has 2 atom stereocenters. The second-order valence-corrected chi connectivity index (χ2v) is 6.31. The van der Waals surface area contributed by atoms with Crippen LogP contribution in [-0.2, 0) is 0 Å². The fraction of sp³-hybridized carbons (Fsp3) is 0.400. The van der Waals surface area contributed by atoms with Gasteiger partial charge in [-0.2, -0.15) is 0 Å². The summed E-state index contributed by atoms with van der Waals surface area (Å²) in [4.78, 5) is 0. The standard InChI is InChI=1S/C20H24/c1-15-9-11-17(12-10-15)13-14-18-6-4-7-19-16(2)5-3-8-20(18)19/h3-9,11,19-20H,10,12-14H2,1-2H3. The van der Waals surface area contributed by atoms with E-state index in [4.69, 9.17) is 0 Å². The van der Waals surface area contributed by atoms with Crippen molar-refractivity contribution in [3.05, 3.63) is 70.9 Å². The summed E-state index contributed by atoms with van der Waals surface area (Å²) >= 11 is 0. The maximum absolute atomic E-state index is 2.38. The van der Waals surface area contributed by atoms with Gasteiger partial charge in [-0.25, -0.2) is 0 Å². The molecule has 0 spiro atoms. The molecule has 0 aromatic heterocycles. The summed E-state index contributed by atoms with van der Waals surface area (Å²) in [6.45, 7) is 4.49. The second-order valence-electron chi connectivity index (χ2n) is 6.31. The summed E-state index contributed by atoms with van der Waals surface area (Å²) < 4.78 is 0.